The molecule has 2 aliphatic rings. The quantitative estimate of drug-likeness (QED) is 0.563. The number of aliphatic carboxylic acids is 1. The molecule has 0 radical (unpaired) electrons. The maximum Gasteiger partial charge on any atom is 0.407 e. The molecule has 4 rings (SSSR count). The molecule has 2 aromatic rings. The zero-order valence-electron chi connectivity index (χ0n) is 18.8. The summed E-state index contributed by atoms with van der Waals surface area (Å²) in [5.74, 6) is -1.37. The summed E-state index contributed by atoms with van der Waals surface area (Å²) in [5.41, 5.74) is 4.67. The minimum Gasteiger partial charge on any atom is -0.480 e. The molecule has 7 heteroatoms. The molecule has 0 saturated heterocycles. The highest BCUT2D eigenvalue weighted by molar-refractivity contribution is 5.83. The Balaban J connectivity index is 1.33. The lowest BCUT2D eigenvalue weighted by Gasteiger charge is -2.22. The molecule has 3 N–H and O–H groups in total. The van der Waals surface area contributed by atoms with Crippen LogP contribution in [0, 0.1) is 5.92 Å². The summed E-state index contributed by atoms with van der Waals surface area (Å²) in [6, 6.07) is 15.3. The van der Waals surface area contributed by atoms with Crippen LogP contribution in [0.4, 0.5) is 4.79 Å². The molecule has 0 heterocycles. The van der Waals surface area contributed by atoms with Crippen molar-refractivity contribution in [3.63, 3.8) is 0 Å². The van der Waals surface area contributed by atoms with E-state index in [2.05, 4.69) is 34.9 Å². The maximum atomic E-state index is 12.6. The highest BCUT2D eigenvalue weighted by Gasteiger charge is 2.33. The maximum absolute atomic E-state index is 12.6. The Morgan fingerprint density at radius 3 is 2.27 bits per heavy atom. The number of hydrogen-bond acceptors (Lipinski definition) is 4. The van der Waals surface area contributed by atoms with Gasteiger partial charge in [-0.15, -0.1) is 0 Å². The van der Waals surface area contributed by atoms with Gasteiger partial charge in [0.2, 0.25) is 5.91 Å². The van der Waals surface area contributed by atoms with Gasteiger partial charge in [0.1, 0.15) is 12.6 Å². The molecule has 2 unspecified atom stereocenters. The summed E-state index contributed by atoms with van der Waals surface area (Å²) >= 11 is 0. The van der Waals surface area contributed by atoms with Crippen LogP contribution in [0.5, 0.6) is 0 Å². The Kier molecular flexibility index (Phi) is 6.96. The van der Waals surface area contributed by atoms with E-state index in [1.807, 2.05) is 24.3 Å². The summed E-state index contributed by atoms with van der Waals surface area (Å²) in [6.45, 7) is 1.96. The van der Waals surface area contributed by atoms with Crippen molar-refractivity contribution in [1.82, 2.24) is 10.6 Å². The summed E-state index contributed by atoms with van der Waals surface area (Å²) in [6.07, 6.45) is 2.53. The first-order valence-corrected chi connectivity index (χ1v) is 11.6. The van der Waals surface area contributed by atoms with Crippen molar-refractivity contribution in [2.75, 3.05) is 6.61 Å². The van der Waals surface area contributed by atoms with Gasteiger partial charge < -0.3 is 20.5 Å². The zero-order chi connectivity index (χ0) is 23.4. The molecule has 0 spiro atoms. The number of carbonyl (C=O) groups excluding carboxylic acids is 2. The van der Waals surface area contributed by atoms with Crippen molar-refractivity contribution >= 4 is 18.0 Å². The standard InChI is InChI=1S/C26H30N2O5/c1-2-22(25(30)31)27-24(29)14-16-8-7-13-23(16)28-26(32)33-15-21-19-11-5-3-9-17(19)18-10-4-6-12-20(18)21/h3-6,9-12,16,21-23H,2,7-8,13-15H2,1H3,(H,27,29)(H,28,32)(H,30,31)/t16?,22-,23?/m1/s1. The smallest absolute Gasteiger partial charge is 0.407 e. The first-order chi connectivity index (χ1) is 16.0. The Hall–Kier alpha value is -3.35. The van der Waals surface area contributed by atoms with Crippen LogP contribution in [0.1, 0.15) is 56.1 Å². The summed E-state index contributed by atoms with van der Waals surface area (Å²) in [7, 11) is 0. The fourth-order valence-corrected chi connectivity index (χ4v) is 5.09. The first-order valence-electron chi connectivity index (χ1n) is 11.6. The Morgan fingerprint density at radius 2 is 1.67 bits per heavy atom. The number of carboxylic acids is 1. The van der Waals surface area contributed by atoms with Crippen molar-refractivity contribution < 1.29 is 24.2 Å². The molecule has 2 aliphatic carbocycles. The first kappa shape index (κ1) is 22.8. The number of amides is 2. The van der Waals surface area contributed by atoms with Crippen molar-refractivity contribution in [2.45, 2.75) is 57.0 Å². The molecule has 3 atom stereocenters. The third-order valence-electron chi connectivity index (χ3n) is 6.80. The lowest BCUT2D eigenvalue weighted by molar-refractivity contribution is -0.142. The van der Waals surface area contributed by atoms with Gasteiger partial charge in [-0.25, -0.2) is 9.59 Å². The van der Waals surface area contributed by atoms with Crippen LogP contribution in [0.25, 0.3) is 11.1 Å². The lowest BCUT2D eigenvalue weighted by atomic mass is 9.98. The van der Waals surface area contributed by atoms with Crippen LogP contribution in [-0.2, 0) is 14.3 Å². The van der Waals surface area contributed by atoms with Crippen LogP contribution in [0.3, 0.4) is 0 Å². The average Bonchev–Trinajstić information content (AvgIpc) is 3.37. The Labute approximate surface area is 193 Å². The highest BCUT2D eigenvalue weighted by Crippen LogP contribution is 2.44. The van der Waals surface area contributed by atoms with Gasteiger partial charge in [0, 0.05) is 18.4 Å². The number of alkyl carbamates (subject to hydrolysis) is 1. The molecule has 33 heavy (non-hydrogen) atoms. The number of fused-ring (bicyclic) bond motifs is 3. The summed E-state index contributed by atoms with van der Waals surface area (Å²) in [5, 5.41) is 14.6. The summed E-state index contributed by atoms with van der Waals surface area (Å²) < 4.78 is 5.64. The molecule has 0 bridgehead atoms. The second-order valence-corrected chi connectivity index (χ2v) is 8.84. The predicted molar refractivity (Wildman–Crippen MR) is 124 cm³/mol. The van der Waals surface area contributed by atoms with E-state index >= 15 is 0 Å². The topological polar surface area (TPSA) is 105 Å². The number of rotatable bonds is 8. The number of carbonyl (C=O) groups is 3. The van der Waals surface area contributed by atoms with Gasteiger partial charge >= 0.3 is 12.1 Å². The Bertz CT molecular complexity index is 991. The van der Waals surface area contributed by atoms with E-state index in [0.29, 0.717) is 6.42 Å². The van der Waals surface area contributed by atoms with Crippen LogP contribution < -0.4 is 10.6 Å². The third kappa shape index (κ3) is 5.02. The lowest BCUT2D eigenvalue weighted by Crippen LogP contribution is -2.43. The van der Waals surface area contributed by atoms with Gasteiger partial charge in [0.25, 0.3) is 0 Å². The molecule has 1 fully saturated rings. The minimum absolute atomic E-state index is 0.00435. The second kappa shape index (κ2) is 10.1. The molecule has 1 saturated carbocycles. The second-order valence-electron chi connectivity index (χ2n) is 8.84. The van der Waals surface area contributed by atoms with E-state index in [4.69, 9.17) is 9.84 Å². The molecule has 0 aromatic heterocycles. The average molecular weight is 451 g/mol. The van der Waals surface area contributed by atoms with E-state index < -0.39 is 18.1 Å². The molecule has 2 amide bonds. The van der Waals surface area contributed by atoms with E-state index in [1.54, 1.807) is 6.92 Å². The fraction of sp³-hybridized carbons (Fsp3) is 0.423. The molecule has 174 valence electrons. The molecule has 0 aliphatic heterocycles. The van der Waals surface area contributed by atoms with Crippen LogP contribution in [0.2, 0.25) is 0 Å². The zero-order valence-corrected chi connectivity index (χ0v) is 18.8. The number of nitrogens with one attached hydrogen (secondary N) is 2. The van der Waals surface area contributed by atoms with Crippen molar-refractivity contribution in [3.8, 4) is 11.1 Å². The predicted octanol–water partition coefficient (Wildman–Crippen LogP) is 4.06. The normalized spacial score (nSPS) is 19.9. The van der Waals surface area contributed by atoms with Gasteiger partial charge in [-0.05, 0) is 47.4 Å². The van der Waals surface area contributed by atoms with Crippen LogP contribution in [-0.4, -0.2) is 41.8 Å². The highest BCUT2D eigenvalue weighted by atomic mass is 16.5. The van der Waals surface area contributed by atoms with Crippen LogP contribution >= 0.6 is 0 Å². The number of ether oxygens (including phenoxy) is 1. The largest absolute Gasteiger partial charge is 0.480 e. The van der Waals surface area contributed by atoms with E-state index in [1.165, 1.54) is 11.1 Å². The minimum atomic E-state index is -1.04. The fourth-order valence-electron chi connectivity index (χ4n) is 5.09. The number of benzene rings is 2. The van der Waals surface area contributed by atoms with Crippen molar-refractivity contribution in [2.24, 2.45) is 5.92 Å². The van der Waals surface area contributed by atoms with Gasteiger partial charge in [0.05, 0.1) is 0 Å². The van der Waals surface area contributed by atoms with E-state index in [0.717, 1.165) is 30.4 Å². The monoisotopic (exact) mass is 450 g/mol. The third-order valence-corrected chi connectivity index (χ3v) is 6.80. The SMILES string of the molecule is CC[C@@H](NC(=O)CC1CCCC1NC(=O)OCC1c2ccccc2-c2ccccc21)C(=O)O. The van der Waals surface area contributed by atoms with E-state index in [-0.39, 0.29) is 36.8 Å². The number of hydrogen-bond donors (Lipinski definition) is 3. The molecule has 7 nitrogen and oxygen atoms in total. The van der Waals surface area contributed by atoms with Gasteiger partial charge in [-0.1, -0.05) is 61.9 Å². The van der Waals surface area contributed by atoms with Crippen LogP contribution in [0.15, 0.2) is 48.5 Å². The van der Waals surface area contributed by atoms with Gasteiger partial charge in [-0.2, -0.15) is 0 Å². The van der Waals surface area contributed by atoms with Crippen molar-refractivity contribution in [3.05, 3.63) is 59.7 Å². The Morgan fingerprint density at radius 1 is 1.03 bits per heavy atom. The molecular weight excluding hydrogens is 420 g/mol. The van der Waals surface area contributed by atoms with Crippen molar-refractivity contribution in [1.29, 1.82) is 0 Å². The summed E-state index contributed by atoms with van der Waals surface area (Å²) in [4.78, 5) is 36.1. The number of carboxylic acid groups (broad SMARTS) is 1. The van der Waals surface area contributed by atoms with Gasteiger partial charge in [-0.3, -0.25) is 4.79 Å². The molecular formula is C26H30N2O5. The van der Waals surface area contributed by atoms with Gasteiger partial charge in [0.15, 0.2) is 0 Å². The molecule has 2 aromatic carbocycles. The van der Waals surface area contributed by atoms with E-state index in [9.17, 15) is 14.4 Å².